The third kappa shape index (κ3) is 1.99. The van der Waals surface area contributed by atoms with Gasteiger partial charge < -0.3 is 14.8 Å². The average molecular weight is 249 g/mol. The van der Waals surface area contributed by atoms with Gasteiger partial charge in [-0.1, -0.05) is 0 Å². The molecule has 2 aliphatic rings. The Balaban J connectivity index is 1.92. The van der Waals surface area contributed by atoms with E-state index in [1.54, 1.807) is 0 Å². The lowest BCUT2D eigenvalue weighted by Crippen LogP contribution is -2.24. The Morgan fingerprint density at radius 2 is 1.83 bits per heavy atom. The van der Waals surface area contributed by atoms with E-state index in [9.17, 15) is 10.2 Å². The summed E-state index contributed by atoms with van der Waals surface area (Å²) < 4.78 is 2.45. The van der Waals surface area contributed by atoms with Crippen LogP contribution in [0.15, 0.2) is 6.07 Å². The summed E-state index contributed by atoms with van der Waals surface area (Å²) in [6, 6.07) is 2.70. The molecule has 1 fully saturated rings. The van der Waals surface area contributed by atoms with Gasteiger partial charge in [0.15, 0.2) is 0 Å². The van der Waals surface area contributed by atoms with E-state index in [0.717, 1.165) is 50.5 Å². The van der Waals surface area contributed by atoms with Crippen molar-refractivity contribution in [2.45, 2.75) is 70.1 Å². The van der Waals surface area contributed by atoms with E-state index >= 15 is 0 Å². The summed E-state index contributed by atoms with van der Waals surface area (Å²) in [6.07, 6.45) is 6.70. The Bertz CT molecular complexity index is 430. The molecule has 0 aromatic carbocycles. The first-order valence-electron chi connectivity index (χ1n) is 7.23. The van der Waals surface area contributed by atoms with Crippen molar-refractivity contribution in [3.05, 3.63) is 23.0 Å². The van der Waals surface area contributed by atoms with E-state index in [2.05, 4.69) is 17.6 Å². The predicted molar refractivity (Wildman–Crippen MR) is 70.6 cm³/mol. The number of aliphatic hydroxyl groups is 2. The molecule has 0 spiro atoms. The van der Waals surface area contributed by atoms with Gasteiger partial charge in [0, 0.05) is 23.0 Å². The maximum absolute atomic E-state index is 10.1. The van der Waals surface area contributed by atoms with Crippen molar-refractivity contribution >= 4 is 0 Å². The van der Waals surface area contributed by atoms with Crippen molar-refractivity contribution in [1.29, 1.82) is 0 Å². The fraction of sp³-hybridized carbons (Fsp3) is 0.733. The molecule has 2 aliphatic carbocycles. The Morgan fingerprint density at radius 3 is 2.56 bits per heavy atom. The molecule has 1 aromatic heterocycles. The first kappa shape index (κ1) is 12.2. The molecule has 1 heterocycles. The Hall–Kier alpha value is -0.800. The second-order valence-electron chi connectivity index (χ2n) is 5.93. The Kier molecular flexibility index (Phi) is 3.20. The fourth-order valence-corrected chi connectivity index (χ4v) is 3.73. The zero-order chi connectivity index (χ0) is 12.7. The van der Waals surface area contributed by atoms with E-state index in [0.29, 0.717) is 6.04 Å². The van der Waals surface area contributed by atoms with Gasteiger partial charge in [0.2, 0.25) is 0 Å². The minimum Gasteiger partial charge on any atom is -0.393 e. The van der Waals surface area contributed by atoms with E-state index in [1.165, 1.54) is 11.4 Å². The molecule has 0 amide bonds. The standard InChI is InChI=1S/C15H23NO2/c1-10-9-13-14(3-2-4-15(13)18)16(10)11-5-7-12(17)8-6-11/h9,11-12,15,17-18H,2-8H2,1H3. The number of nitrogens with zero attached hydrogens (tertiary/aromatic N) is 1. The van der Waals surface area contributed by atoms with Crippen molar-refractivity contribution in [3.63, 3.8) is 0 Å². The van der Waals surface area contributed by atoms with Gasteiger partial charge in [0.1, 0.15) is 0 Å². The lowest BCUT2D eigenvalue weighted by Gasteiger charge is -2.31. The van der Waals surface area contributed by atoms with Gasteiger partial charge in [-0.05, 0) is 57.9 Å². The number of aryl methyl sites for hydroxylation is 1. The molecule has 18 heavy (non-hydrogen) atoms. The molecule has 0 saturated heterocycles. The van der Waals surface area contributed by atoms with Crippen molar-refractivity contribution in [1.82, 2.24) is 4.57 Å². The van der Waals surface area contributed by atoms with Gasteiger partial charge in [-0.3, -0.25) is 0 Å². The number of fused-ring (bicyclic) bond motifs is 1. The number of hydrogen-bond donors (Lipinski definition) is 2. The smallest absolute Gasteiger partial charge is 0.0807 e. The molecule has 3 rings (SSSR count). The van der Waals surface area contributed by atoms with Crippen LogP contribution in [0.2, 0.25) is 0 Å². The second kappa shape index (κ2) is 4.71. The first-order valence-corrected chi connectivity index (χ1v) is 7.23. The van der Waals surface area contributed by atoms with Crippen molar-refractivity contribution in [3.8, 4) is 0 Å². The summed E-state index contributed by atoms with van der Waals surface area (Å²) >= 11 is 0. The zero-order valence-corrected chi connectivity index (χ0v) is 11.1. The highest BCUT2D eigenvalue weighted by Gasteiger charge is 2.28. The second-order valence-corrected chi connectivity index (χ2v) is 5.93. The monoisotopic (exact) mass is 249 g/mol. The highest BCUT2D eigenvalue weighted by atomic mass is 16.3. The molecule has 1 saturated carbocycles. The number of rotatable bonds is 1. The lowest BCUT2D eigenvalue weighted by molar-refractivity contribution is 0.108. The van der Waals surface area contributed by atoms with Crippen LogP contribution in [0, 0.1) is 6.92 Å². The van der Waals surface area contributed by atoms with Crippen LogP contribution in [0.5, 0.6) is 0 Å². The van der Waals surface area contributed by atoms with Crippen molar-refractivity contribution in [2.75, 3.05) is 0 Å². The lowest BCUT2D eigenvalue weighted by atomic mass is 9.91. The van der Waals surface area contributed by atoms with E-state index in [4.69, 9.17) is 0 Å². The van der Waals surface area contributed by atoms with Crippen LogP contribution in [0.25, 0.3) is 0 Å². The van der Waals surface area contributed by atoms with Gasteiger partial charge in [0.25, 0.3) is 0 Å². The number of aliphatic hydroxyl groups excluding tert-OH is 2. The van der Waals surface area contributed by atoms with Gasteiger partial charge in [-0.25, -0.2) is 0 Å². The maximum atomic E-state index is 10.1. The third-order valence-electron chi connectivity index (χ3n) is 4.65. The molecule has 1 unspecified atom stereocenters. The zero-order valence-electron chi connectivity index (χ0n) is 11.1. The fourth-order valence-electron chi connectivity index (χ4n) is 3.73. The van der Waals surface area contributed by atoms with Crippen LogP contribution in [0.3, 0.4) is 0 Å². The van der Waals surface area contributed by atoms with Crippen LogP contribution in [-0.2, 0) is 6.42 Å². The summed E-state index contributed by atoms with van der Waals surface area (Å²) in [5, 5.41) is 19.7. The van der Waals surface area contributed by atoms with E-state index < -0.39 is 0 Å². The molecular formula is C15H23NO2. The molecule has 1 atom stereocenters. The molecule has 1 aromatic rings. The molecule has 100 valence electrons. The molecule has 2 N–H and O–H groups in total. The molecule has 0 radical (unpaired) electrons. The summed E-state index contributed by atoms with van der Waals surface area (Å²) in [5.74, 6) is 0. The Labute approximate surface area is 108 Å². The summed E-state index contributed by atoms with van der Waals surface area (Å²) in [6.45, 7) is 2.15. The van der Waals surface area contributed by atoms with Gasteiger partial charge >= 0.3 is 0 Å². The summed E-state index contributed by atoms with van der Waals surface area (Å²) in [5.41, 5.74) is 3.79. The maximum Gasteiger partial charge on any atom is 0.0807 e. The first-order chi connectivity index (χ1) is 8.66. The molecule has 0 aliphatic heterocycles. The average Bonchev–Trinajstić information content (AvgIpc) is 2.69. The normalized spacial score (nSPS) is 32.3. The van der Waals surface area contributed by atoms with Crippen molar-refractivity contribution < 1.29 is 10.2 Å². The highest BCUT2D eigenvalue weighted by molar-refractivity contribution is 5.32. The summed E-state index contributed by atoms with van der Waals surface area (Å²) in [4.78, 5) is 0. The van der Waals surface area contributed by atoms with Crippen LogP contribution in [-0.4, -0.2) is 20.9 Å². The molecule has 3 nitrogen and oxygen atoms in total. The predicted octanol–water partition coefficient (Wildman–Crippen LogP) is 2.64. The molecule has 3 heteroatoms. The quantitative estimate of drug-likeness (QED) is 0.803. The Morgan fingerprint density at radius 1 is 1.11 bits per heavy atom. The van der Waals surface area contributed by atoms with Crippen LogP contribution in [0.4, 0.5) is 0 Å². The van der Waals surface area contributed by atoms with Gasteiger partial charge in [0.05, 0.1) is 12.2 Å². The molecular weight excluding hydrogens is 226 g/mol. The number of aromatic nitrogens is 1. The minimum absolute atomic E-state index is 0.0986. The van der Waals surface area contributed by atoms with Crippen LogP contribution in [0.1, 0.15) is 67.6 Å². The van der Waals surface area contributed by atoms with Crippen molar-refractivity contribution in [2.24, 2.45) is 0 Å². The van der Waals surface area contributed by atoms with Gasteiger partial charge in [-0.15, -0.1) is 0 Å². The van der Waals surface area contributed by atoms with E-state index in [-0.39, 0.29) is 12.2 Å². The largest absolute Gasteiger partial charge is 0.393 e. The summed E-state index contributed by atoms with van der Waals surface area (Å²) in [7, 11) is 0. The molecule has 0 bridgehead atoms. The SMILES string of the molecule is Cc1cc2c(n1C1CCC(O)CC1)CCCC2O. The van der Waals surface area contributed by atoms with E-state index in [1.807, 2.05) is 0 Å². The third-order valence-corrected chi connectivity index (χ3v) is 4.65. The highest BCUT2D eigenvalue weighted by Crippen LogP contribution is 2.38. The van der Waals surface area contributed by atoms with Crippen LogP contribution < -0.4 is 0 Å². The van der Waals surface area contributed by atoms with Crippen LogP contribution >= 0.6 is 0 Å². The number of hydrogen-bond acceptors (Lipinski definition) is 2. The minimum atomic E-state index is -0.261. The topological polar surface area (TPSA) is 45.4 Å². The van der Waals surface area contributed by atoms with Gasteiger partial charge in [-0.2, -0.15) is 0 Å².